The van der Waals surface area contributed by atoms with Gasteiger partial charge in [-0.2, -0.15) is 0 Å². The minimum absolute atomic E-state index is 0.00502. The fourth-order valence-electron chi connectivity index (χ4n) is 2.65. The molecule has 3 aromatic rings. The van der Waals surface area contributed by atoms with Gasteiger partial charge in [-0.25, -0.2) is 0 Å². The van der Waals surface area contributed by atoms with Crippen molar-refractivity contribution in [3.05, 3.63) is 63.8 Å². The smallest absolute Gasteiger partial charge is 0.228 e. The van der Waals surface area contributed by atoms with Crippen LogP contribution in [0.2, 0.25) is 0 Å². The molecule has 0 fully saturated rings. The normalized spacial score (nSPS) is 10.9. The van der Waals surface area contributed by atoms with Gasteiger partial charge in [-0.1, -0.05) is 34.1 Å². The van der Waals surface area contributed by atoms with Crippen LogP contribution in [0.1, 0.15) is 16.8 Å². The van der Waals surface area contributed by atoms with Gasteiger partial charge in [0.05, 0.1) is 6.42 Å². The van der Waals surface area contributed by atoms with Crippen molar-refractivity contribution in [3.63, 3.8) is 0 Å². The minimum Gasteiger partial charge on any atom is -0.358 e. The van der Waals surface area contributed by atoms with Gasteiger partial charge in [0.2, 0.25) is 5.91 Å². The van der Waals surface area contributed by atoms with Crippen molar-refractivity contribution in [2.24, 2.45) is 0 Å². The van der Waals surface area contributed by atoms with Crippen LogP contribution in [-0.2, 0) is 11.2 Å². The molecule has 0 aliphatic heterocycles. The Morgan fingerprint density at radius 3 is 2.73 bits per heavy atom. The van der Waals surface area contributed by atoms with Crippen LogP contribution in [-0.4, -0.2) is 10.9 Å². The highest BCUT2D eigenvalue weighted by Crippen LogP contribution is 2.23. The first kappa shape index (κ1) is 14.9. The Balaban J connectivity index is 1.81. The second kappa shape index (κ2) is 5.97. The molecule has 0 bridgehead atoms. The summed E-state index contributed by atoms with van der Waals surface area (Å²) in [4.78, 5) is 15.7. The molecule has 4 heteroatoms. The maximum absolute atomic E-state index is 12.3. The number of nitrogens with one attached hydrogen (secondary N) is 2. The molecule has 0 saturated carbocycles. The fraction of sp³-hybridized carbons (Fsp3) is 0.167. The lowest BCUT2D eigenvalue weighted by Crippen LogP contribution is -2.14. The number of carbonyl (C=O) groups excluding carboxylic acids is 1. The van der Waals surface area contributed by atoms with Crippen molar-refractivity contribution in [1.29, 1.82) is 0 Å². The molecule has 0 radical (unpaired) electrons. The number of aromatic nitrogens is 1. The quantitative estimate of drug-likeness (QED) is 0.699. The van der Waals surface area contributed by atoms with Gasteiger partial charge in [-0.15, -0.1) is 0 Å². The topological polar surface area (TPSA) is 44.9 Å². The van der Waals surface area contributed by atoms with Crippen molar-refractivity contribution in [2.45, 2.75) is 20.3 Å². The predicted octanol–water partition coefficient (Wildman–Crippen LogP) is 4.73. The highest BCUT2D eigenvalue weighted by molar-refractivity contribution is 9.10. The van der Waals surface area contributed by atoms with Crippen LogP contribution in [0.25, 0.3) is 10.9 Å². The van der Waals surface area contributed by atoms with Gasteiger partial charge in [0, 0.05) is 26.8 Å². The van der Waals surface area contributed by atoms with Crippen LogP contribution in [0.5, 0.6) is 0 Å². The molecule has 3 rings (SSSR count). The van der Waals surface area contributed by atoms with E-state index >= 15 is 0 Å². The molecule has 2 aromatic carbocycles. The summed E-state index contributed by atoms with van der Waals surface area (Å²) in [6.45, 7) is 4.01. The zero-order valence-corrected chi connectivity index (χ0v) is 14.1. The van der Waals surface area contributed by atoms with Gasteiger partial charge in [0.1, 0.15) is 0 Å². The second-order valence-electron chi connectivity index (χ2n) is 5.46. The molecule has 0 aliphatic carbocycles. The number of anilines is 1. The summed E-state index contributed by atoms with van der Waals surface area (Å²) in [6.07, 6.45) is 0.366. The van der Waals surface area contributed by atoms with Crippen molar-refractivity contribution in [1.82, 2.24) is 4.98 Å². The van der Waals surface area contributed by atoms with E-state index in [4.69, 9.17) is 0 Å². The molecule has 1 amide bonds. The highest BCUT2D eigenvalue weighted by Gasteiger charge is 2.12. The summed E-state index contributed by atoms with van der Waals surface area (Å²) in [5.41, 5.74) is 5.09. The Morgan fingerprint density at radius 2 is 1.95 bits per heavy atom. The number of H-pyrrole nitrogens is 1. The zero-order chi connectivity index (χ0) is 15.7. The van der Waals surface area contributed by atoms with Gasteiger partial charge in [-0.3, -0.25) is 4.79 Å². The number of benzene rings is 2. The average molecular weight is 357 g/mol. The van der Waals surface area contributed by atoms with Gasteiger partial charge >= 0.3 is 0 Å². The molecular formula is C18H17BrN2O. The van der Waals surface area contributed by atoms with Crippen LogP contribution in [0.15, 0.2) is 46.9 Å². The van der Waals surface area contributed by atoms with Crippen molar-refractivity contribution in [3.8, 4) is 0 Å². The first-order valence-corrected chi connectivity index (χ1v) is 7.96. The highest BCUT2D eigenvalue weighted by atomic mass is 79.9. The molecule has 0 saturated heterocycles. The summed E-state index contributed by atoms with van der Waals surface area (Å²) >= 11 is 3.46. The van der Waals surface area contributed by atoms with Crippen molar-refractivity contribution in [2.75, 3.05) is 5.32 Å². The Labute approximate surface area is 137 Å². The van der Waals surface area contributed by atoms with Crippen LogP contribution >= 0.6 is 15.9 Å². The SMILES string of the molecule is Cc1cc(NC(=O)Cc2c(C)[nH]c3ccccc23)ccc1Br. The van der Waals surface area contributed by atoms with E-state index in [1.54, 1.807) is 0 Å². The van der Waals surface area contributed by atoms with E-state index in [1.807, 2.05) is 56.3 Å². The maximum Gasteiger partial charge on any atom is 0.228 e. The number of halogens is 1. The zero-order valence-electron chi connectivity index (χ0n) is 12.5. The van der Waals surface area contributed by atoms with E-state index < -0.39 is 0 Å². The monoisotopic (exact) mass is 356 g/mol. The van der Waals surface area contributed by atoms with E-state index in [-0.39, 0.29) is 5.91 Å². The number of hydrogen-bond donors (Lipinski definition) is 2. The fourth-order valence-corrected chi connectivity index (χ4v) is 2.90. The maximum atomic E-state index is 12.3. The number of para-hydroxylation sites is 1. The molecule has 22 heavy (non-hydrogen) atoms. The molecule has 3 nitrogen and oxygen atoms in total. The molecule has 0 atom stereocenters. The van der Waals surface area contributed by atoms with E-state index in [0.717, 1.165) is 37.9 Å². The molecule has 0 aliphatic rings. The first-order valence-electron chi connectivity index (χ1n) is 7.17. The van der Waals surface area contributed by atoms with Gasteiger partial charge < -0.3 is 10.3 Å². The van der Waals surface area contributed by atoms with Crippen LogP contribution in [0, 0.1) is 13.8 Å². The first-order chi connectivity index (χ1) is 10.5. The summed E-state index contributed by atoms with van der Waals surface area (Å²) in [7, 11) is 0. The molecule has 112 valence electrons. The molecular weight excluding hydrogens is 340 g/mol. The summed E-state index contributed by atoms with van der Waals surface area (Å²) < 4.78 is 1.04. The third-order valence-electron chi connectivity index (χ3n) is 3.81. The van der Waals surface area contributed by atoms with Crippen molar-refractivity contribution >= 4 is 38.4 Å². The Kier molecular flexibility index (Phi) is 4.03. The van der Waals surface area contributed by atoms with E-state index in [1.165, 1.54) is 0 Å². The molecule has 2 N–H and O–H groups in total. The Hall–Kier alpha value is -2.07. The third-order valence-corrected chi connectivity index (χ3v) is 4.70. The van der Waals surface area contributed by atoms with E-state index in [2.05, 4.69) is 26.2 Å². The molecule has 0 spiro atoms. The lowest BCUT2D eigenvalue weighted by atomic mass is 10.1. The van der Waals surface area contributed by atoms with Crippen LogP contribution in [0.3, 0.4) is 0 Å². The average Bonchev–Trinajstić information content (AvgIpc) is 2.79. The summed E-state index contributed by atoms with van der Waals surface area (Å²) in [5.74, 6) is -0.00502. The third kappa shape index (κ3) is 2.92. The lowest BCUT2D eigenvalue weighted by Gasteiger charge is -2.07. The van der Waals surface area contributed by atoms with Crippen molar-refractivity contribution < 1.29 is 4.79 Å². The molecule has 1 heterocycles. The standard InChI is InChI=1S/C18H17BrN2O/c1-11-9-13(7-8-16(11)19)21-18(22)10-15-12(2)20-17-6-4-3-5-14(15)17/h3-9,20H,10H2,1-2H3,(H,21,22). The number of carbonyl (C=O) groups is 1. The number of rotatable bonds is 3. The summed E-state index contributed by atoms with van der Waals surface area (Å²) in [6, 6.07) is 13.9. The van der Waals surface area contributed by atoms with Gasteiger partial charge in [-0.05, 0) is 49.2 Å². The summed E-state index contributed by atoms with van der Waals surface area (Å²) in [5, 5.41) is 4.08. The second-order valence-corrected chi connectivity index (χ2v) is 6.32. The predicted molar refractivity (Wildman–Crippen MR) is 94.2 cm³/mol. The van der Waals surface area contributed by atoms with Gasteiger partial charge in [0.15, 0.2) is 0 Å². The number of hydrogen-bond acceptors (Lipinski definition) is 1. The lowest BCUT2D eigenvalue weighted by molar-refractivity contribution is -0.115. The van der Waals surface area contributed by atoms with E-state index in [0.29, 0.717) is 6.42 Å². The molecule has 0 unspecified atom stereocenters. The van der Waals surface area contributed by atoms with Crippen LogP contribution < -0.4 is 5.32 Å². The number of fused-ring (bicyclic) bond motifs is 1. The van der Waals surface area contributed by atoms with E-state index in [9.17, 15) is 4.79 Å². The molecule has 1 aromatic heterocycles. The minimum atomic E-state index is -0.00502. The Bertz CT molecular complexity index is 851. The number of aromatic amines is 1. The number of aryl methyl sites for hydroxylation is 2. The van der Waals surface area contributed by atoms with Crippen LogP contribution in [0.4, 0.5) is 5.69 Å². The number of amides is 1. The largest absolute Gasteiger partial charge is 0.358 e. The Morgan fingerprint density at radius 1 is 1.18 bits per heavy atom. The van der Waals surface area contributed by atoms with Gasteiger partial charge in [0.25, 0.3) is 0 Å².